The molecule has 0 fully saturated rings. The Kier molecular flexibility index (Phi) is 7.85. The van der Waals surface area contributed by atoms with Gasteiger partial charge in [0, 0.05) is 23.6 Å². The number of hydrogen-bond donors (Lipinski definition) is 1. The van der Waals surface area contributed by atoms with Gasteiger partial charge in [0.15, 0.2) is 11.5 Å². The highest BCUT2D eigenvalue weighted by Gasteiger charge is 2.30. The van der Waals surface area contributed by atoms with Crippen molar-refractivity contribution < 1.29 is 27.5 Å². The lowest BCUT2D eigenvalue weighted by molar-refractivity contribution is -0.139. The number of halogens is 1. The van der Waals surface area contributed by atoms with Gasteiger partial charge in [0.2, 0.25) is 28.6 Å². The van der Waals surface area contributed by atoms with E-state index in [9.17, 15) is 18.0 Å². The minimum absolute atomic E-state index is 0.0433. The highest BCUT2D eigenvalue weighted by Crippen LogP contribution is 2.36. The number of nitrogens with one attached hydrogen (secondary N) is 1. The summed E-state index contributed by atoms with van der Waals surface area (Å²) in [7, 11) is -3.82. The van der Waals surface area contributed by atoms with Gasteiger partial charge in [-0.2, -0.15) is 0 Å². The summed E-state index contributed by atoms with van der Waals surface area (Å²) in [6, 6.07) is 11.2. The Bertz CT molecular complexity index is 1120. The van der Waals surface area contributed by atoms with Gasteiger partial charge >= 0.3 is 0 Å². The van der Waals surface area contributed by atoms with Crippen molar-refractivity contribution in [2.75, 3.05) is 30.4 Å². The Balaban J connectivity index is 1.90. The summed E-state index contributed by atoms with van der Waals surface area (Å²) < 4.78 is 37.7. The van der Waals surface area contributed by atoms with Gasteiger partial charge in [-0.25, -0.2) is 8.42 Å². The molecule has 33 heavy (non-hydrogen) atoms. The molecule has 9 nitrogen and oxygen atoms in total. The second kappa shape index (κ2) is 10.4. The number of fused-ring (bicyclic) bond motifs is 1. The zero-order valence-electron chi connectivity index (χ0n) is 18.6. The number of amides is 2. The third-order valence-corrected chi connectivity index (χ3v) is 6.78. The van der Waals surface area contributed by atoms with Crippen LogP contribution in [0.1, 0.15) is 19.4 Å². The molecule has 0 radical (unpaired) electrons. The Hall–Kier alpha value is -2.79. The van der Waals surface area contributed by atoms with Gasteiger partial charge in [-0.1, -0.05) is 28.1 Å². The molecule has 2 amide bonds. The van der Waals surface area contributed by atoms with Crippen LogP contribution >= 0.6 is 15.9 Å². The van der Waals surface area contributed by atoms with E-state index in [4.69, 9.17) is 9.47 Å². The van der Waals surface area contributed by atoms with Crippen molar-refractivity contribution >= 4 is 43.5 Å². The van der Waals surface area contributed by atoms with Crippen LogP contribution in [0.5, 0.6) is 11.5 Å². The smallest absolute Gasteiger partial charge is 0.244 e. The lowest BCUT2D eigenvalue weighted by Gasteiger charge is -2.31. The topological polar surface area (TPSA) is 105 Å². The fraction of sp³-hybridized carbons (Fsp3) is 0.364. The highest BCUT2D eigenvalue weighted by molar-refractivity contribution is 9.10. The molecular formula is C22H26BrN3O6S. The molecule has 0 spiro atoms. The maximum atomic E-state index is 13.4. The average Bonchev–Trinajstić information content (AvgIpc) is 3.23. The van der Waals surface area contributed by atoms with E-state index in [-0.39, 0.29) is 24.9 Å². The lowest BCUT2D eigenvalue weighted by atomic mass is 10.1. The predicted molar refractivity (Wildman–Crippen MR) is 128 cm³/mol. The molecule has 0 bridgehead atoms. The quantitative estimate of drug-likeness (QED) is 0.524. The van der Waals surface area contributed by atoms with Crippen molar-refractivity contribution in [3.8, 4) is 11.5 Å². The molecule has 0 aliphatic carbocycles. The van der Waals surface area contributed by atoms with E-state index in [1.165, 1.54) is 11.0 Å². The Morgan fingerprint density at radius 1 is 1.12 bits per heavy atom. The molecular weight excluding hydrogens is 514 g/mol. The normalized spacial score (nSPS) is 13.3. The van der Waals surface area contributed by atoms with E-state index >= 15 is 0 Å². The molecule has 3 rings (SSSR count). The number of benzene rings is 2. The molecule has 178 valence electrons. The molecule has 2 aromatic carbocycles. The van der Waals surface area contributed by atoms with Crippen LogP contribution in [0.25, 0.3) is 0 Å². The molecule has 0 unspecified atom stereocenters. The zero-order chi connectivity index (χ0) is 24.2. The summed E-state index contributed by atoms with van der Waals surface area (Å²) in [6.45, 7) is 3.53. The lowest BCUT2D eigenvalue weighted by Crippen LogP contribution is -2.51. The van der Waals surface area contributed by atoms with Crippen molar-refractivity contribution in [1.82, 2.24) is 10.2 Å². The molecule has 0 aromatic heterocycles. The first-order valence-electron chi connectivity index (χ1n) is 10.3. The monoisotopic (exact) mass is 539 g/mol. The molecule has 0 saturated heterocycles. The third kappa shape index (κ3) is 6.17. The number of hydrogen-bond acceptors (Lipinski definition) is 6. The van der Waals surface area contributed by atoms with Crippen molar-refractivity contribution in [2.45, 2.75) is 26.4 Å². The van der Waals surface area contributed by atoms with Gasteiger partial charge in [0.25, 0.3) is 0 Å². The standard InChI is InChI=1S/C22H26BrN3O6S/c1-4-24-22(28)15(2)25(12-16-5-7-17(23)8-6-16)21(27)13-26(33(3,29)30)18-9-10-19-20(11-18)32-14-31-19/h5-11,15H,4,12-14H2,1-3H3,(H,24,28)/t15-/m0/s1. The number of ether oxygens (including phenoxy) is 2. The first kappa shape index (κ1) is 24.8. The predicted octanol–water partition coefficient (Wildman–Crippen LogP) is 2.50. The maximum Gasteiger partial charge on any atom is 0.244 e. The van der Waals surface area contributed by atoms with Crippen molar-refractivity contribution in [2.24, 2.45) is 0 Å². The number of rotatable bonds is 9. The fourth-order valence-corrected chi connectivity index (χ4v) is 4.45. The summed E-state index contributed by atoms with van der Waals surface area (Å²) in [5, 5.41) is 2.72. The van der Waals surface area contributed by atoms with E-state index in [0.29, 0.717) is 18.0 Å². The highest BCUT2D eigenvalue weighted by atomic mass is 79.9. The van der Waals surface area contributed by atoms with Crippen LogP contribution in [-0.2, 0) is 26.2 Å². The van der Waals surface area contributed by atoms with Crippen LogP contribution in [0, 0.1) is 0 Å². The second-order valence-electron chi connectivity index (χ2n) is 7.53. The number of carbonyl (C=O) groups is 2. The fourth-order valence-electron chi connectivity index (χ4n) is 3.35. The van der Waals surface area contributed by atoms with Gasteiger partial charge in [0.1, 0.15) is 12.6 Å². The first-order valence-corrected chi connectivity index (χ1v) is 12.9. The van der Waals surface area contributed by atoms with E-state index in [1.807, 2.05) is 24.3 Å². The van der Waals surface area contributed by atoms with Crippen LogP contribution in [-0.4, -0.2) is 57.3 Å². The SMILES string of the molecule is CCNC(=O)[C@H](C)N(Cc1ccc(Br)cc1)C(=O)CN(c1ccc2c(c1)OCO2)S(C)(=O)=O. The van der Waals surface area contributed by atoms with Crippen LogP contribution in [0.4, 0.5) is 5.69 Å². The van der Waals surface area contributed by atoms with Gasteiger partial charge in [0.05, 0.1) is 11.9 Å². The number of nitrogens with zero attached hydrogens (tertiary/aromatic N) is 2. The van der Waals surface area contributed by atoms with Crippen LogP contribution in [0.15, 0.2) is 46.9 Å². The summed E-state index contributed by atoms with van der Waals surface area (Å²) in [6.07, 6.45) is 1.02. The van der Waals surface area contributed by atoms with Crippen LogP contribution < -0.4 is 19.1 Å². The van der Waals surface area contributed by atoms with Gasteiger partial charge < -0.3 is 19.7 Å². The summed E-state index contributed by atoms with van der Waals surface area (Å²) >= 11 is 3.38. The van der Waals surface area contributed by atoms with Crippen molar-refractivity contribution in [3.05, 3.63) is 52.5 Å². The number of carbonyl (C=O) groups excluding carboxylic acids is 2. The largest absolute Gasteiger partial charge is 0.454 e. The summed E-state index contributed by atoms with van der Waals surface area (Å²) in [5.74, 6) is 0.0629. The van der Waals surface area contributed by atoms with Crippen LogP contribution in [0.3, 0.4) is 0 Å². The van der Waals surface area contributed by atoms with Gasteiger partial charge in [-0.05, 0) is 43.7 Å². The van der Waals surface area contributed by atoms with Crippen molar-refractivity contribution in [3.63, 3.8) is 0 Å². The molecule has 1 atom stereocenters. The van der Waals surface area contributed by atoms with Crippen molar-refractivity contribution in [1.29, 1.82) is 0 Å². The zero-order valence-corrected chi connectivity index (χ0v) is 21.0. The molecule has 1 aliphatic heterocycles. The second-order valence-corrected chi connectivity index (χ2v) is 10.3. The van der Waals surface area contributed by atoms with E-state index in [2.05, 4.69) is 21.2 Å². The average molecular weight is 540 g/mol. The van der Waals surface area contributed by atoms with E-state index < -0.39 is 28.5 Å². The Morgan fingerprint density at radius 3 is 2.42 bits per heavy atom. The number of anilines is 1. The molecule has 1 N–H and O–H groups in total. The summed E-state index contributed by atoms with van der Waals surface area (Å²) in [4.78, 5) is 27.3. The van der Waals surface area contributed by atoms with E-state index in [1.54, 1.807) is 26.0 Å². The van der Waals surface area contributed by atoms with Gasteiger partial charge in [-0.15, -0.1) is 0 Å². The number of likely N-dealkylation sites (N-methyl/N-ethyl adjacent to an activating group) is 1. The molecule has 1 aliphatic rings. The minimum atomic E-state index is -3.82. The summed E-state index contributed by atoms with van der Waals surface area (Å²) in [5.41, 5.74) is 1.07. The first-order chi connectivity index (χ1) is 15.6. The van der Waals surface area contributed by atoms with E-state index in [0.717, 1.165) is 20.6 Å². The molecule has 11 heteroatoms. The molecule has 2 aromatic rings. The Morgan fingerprint density at radius 2 is 1.79 bits per heavy atom. The minimum Gasteiger partial charge on any atom is -0.454 e. The van der Waals surface area contributed by atoms with Crippen LogP contribution in [0.2, 0.25) is 0 Å². The Labute approximate surface area is 201 Å². The van der Waals surface area contributed by atoms with Gasteiger partial charge in [-0.3, -0.25) is 13.9 Å². The molecule has 1 heterocycles. The number of sulfonamides is 1. The third-order valence-electron chi connectivity index (χ3n) is 5.11. The molecule has 0 saturated carbocycles. The maximum absolute atomic E-state index is 13.4.